The third-order valence-corrected chi connectivity index (χ3v) is 5.37. The fraction of sp³-hybridized carbons (Fsp3) is 0.571. The number of rotatable bonds is 6. The van der Waals surface area contributed by atoms with Gasteiger partial charge in [0, 0.05) is 30.8 Å². The molecule has 2 aromatic rings. The maximum Gasteiger partial charge on any atom is 0.246 e. The average Bonchev–Trinajstić information content (AvgIpc) is 3.21. The molecule has 0 radical (unpaired) electrons. The lowest BCUT2D eigenvalue weighted by Crippen LogP contribution is -2.39. The number of nitrogens with zero attached hydrogens (tertiary/aromatic N) is 4. The van der Waals surface area contributed by atoms with E-state index in [1.165, 1.54) is 0 Å². The zero-order valence-corrected chi connectivity index (χ0v) is 16.9. The summed E-state index contributed by atoms with van der Waals surface area (Å²) >= 11 is 0. The first-order valence-corrected chi connectivity index (χ1v) is 10.1. The molecular formula is C21H27N5O3. The molecule has 0 spiro atoms. The van der Waals surface area contributed by atoms with Gasteiger partial charge in [-0.25, -0.2) is 15.0 Å². The van der Waals surface area contributed by atoms with E-state index in [2.05, 4.69) is 34.1 Å². The summed E-state index contributed by atoms with van der Waals surface area (Å²) in [6.07, 6.45) is 10.5. The van der Waals surface area contributed by atoms with E-state index in [1.54, 1.807) is 24.8 Å². The second-order valence-corrected chi connectivity index (χ2v) is 8.50. The second kappa shape index (κ2) is 8.51. The van der Waals surface area contributed by atoms with E-state index in [4.69, 9.17) is 14.5 Å². The van der Waals surface area contributed by atoms with Crippen LogP contribution in [-0.4, -0.2) is 51.8 Å². The van der Waals surface area contributed by atoms with Gasteiger partial charge in [0.1, 0.15) is 12.3 Å². The van der Waals surface area contributed by atoms with Crippen LogP contribution in [0.2, 0.25) is 0 Å². The number of aromatic nitrogens is 4. The van der Waals surface area contributed by atoms with E-state index >= 15 is 0 Å². The first-order valence-electron chi connectivity index (χ1n) is 10.1. The molecule has 1 saturated heterocycles. The number of fused-ring (bicyclic) bond motifs is 1. The van der Waals surface area contributed by atoms with Crippen molar-refractivity contribution in [3.63, 3.8) is 0 Å². The molecule has 8 nitrogen and oxygen atoms in total. The molecule has 0 saturated carbocycles. The van der Waals surface area contributed by atoms with Crippen LogP contribution in [0.25, 0.3) is 11.5 Å². The minimum Gasteiger partial charge on any atom is -0.376 e. The highest BCUT2D eigenvalue weighted by Gasteiger charge is 2.34. The smallest absolute Gasteiger partial charge is 0.246 e. The molecule has 4 rings (SSSR count). The summed E-state index contributed by atoms with van der Waals surface area (Å²) in [7, 11) is 0. The maximum absolute atomic E-state index is 12.5. The summed E-state index contributed by atoms with van der Waals surface area (Å²) in [5, 5.41) is 3.10. The van der Waals surface area contributed by atoms with Gasteiger partial charge in [-0.05, 0) is 31.1 Å². The van der Waals surface area contributed by atoms with Gasteiger partial charge >= 0.3 is 0 Å². The summed E-state index contributed by atoms with van der Waals surface area (Å²) in [5.41, 5.74) is 2.56. The fourth-order valence-corrected chi connectivity index (χ4v) is 4.01. The average molecular weight is 397 g/mol. The minimum absolute atomic E-state index is 0.0114. The van der Waals surface area contributed by atoms with Crippen molar-refractivity contribution in [3.05, 3.63) is 36.0 Å². The predicted octanol–water partition coefficient (Wildman–Crippen LogP) is 2.26. The van der Waals surface area contributed by atoms with Crippen LogP contribution >= 0.6 is 0 Å². The lowest BCUT2D eigenvalue weighted by molar-refractivity contribution is -0.127. The quantitative estimate of drug-likeness (QED) is 0.798. The molecule has 0 bridgehead atoms. The molecule has 1 amide bonds. The van der Waals surface area contributed by atoms with Gasteiger partial charge in [-0.3, -0.25) is 9.78 Å². The summed E-state index contributed by atoms with van der Waals surface area (Å²) in [4.78, 5) is 30.0. The fourth-order valence-electron chi connectivity index (χ4n) is 4.01. The van der Waals surface area contributed by atoms with Gasteiger partial charge < -0.3 is 14.8 Å². The Morgan fingerprint density at radius 3 is 2.97 bits per heavy atom. The van der Waals surface area contributed by atoms with Gasteiger partial charge in [0.05, 0.1) is 30.6 Å². The van der Waals surface area contributed by atoms with Gasteiger partial charge in [0.25, 0.3) is 0 Å². The molecule has 3 heterocycles. The van der Waals surface area contributed by atoms with Crippen LogP contribution in [0.5, 0.6) is 0 Å². The molecule has 0 unspecified atom stereocenters. The van der Waals surface area contributed by atoms with Crippen LogP contribution in [0, 0.1) is 5.41 Å². The van der Waals surface area contributed by atoms with Gasteiger partial charge in [-0.1, -0.05) is 13.8 Å². The highest BCUT2D eigenvalue weighted by Crippen LogP contribution is 2.40. The molecule has 2 aliphatic rings. The number of hydrogen-bond donors (Lipinski definition) is 1. The van der Waals surface area contributed by atoms with Crippen LogP contribution in [0.4, 0.5) is 0 Å². The summed E-state index contributed by atoms with van der Waals surface area (Å²) < 4.78 is 11.1. The molecule has 0 aromatic carbocycles. The van der Waals surface area contributed by atoms with Crippen LogP contribution in [0.1, 0.15) is 50.4 Å². The topological polar surface area (TPSA) is 99.1 Å². The molecule has 2 atom stereocenters. The zero-order chi connectivity index (χ0) is 20.3. The summed E-state index contributed by atoms with van der Waals surface area (Å²) in [5.74, 6) is 0.425. The number of amides is 1. The van der Waals surface area contributed by atoms with Crippen molar-refractivity contribution in [2.24, 2.45) is 5.41 Å². The Bertz CT molecular complexity index is 853. The van der Waals surface area contributed by atoms with E-state index in [9.17, 15) is 4.79 Å². The van der Waals surface area contributed by atoms with Gasteiger partial charge in [-0.2, -0.15) is 0 Å². The van der Waals surface area contributed by atoms with E-state index in [1.807, 2.05) is 0 Å². The Kier molecular flexibility index (Phi) is 5.82. The molecule has 1 aliphatic carbocycles. The standard InChI is InChI=1S/C21H27N5O3/c1-21(2)8-16(25-19(27)13-28-12-14-4-3-7-29-14)15-10-24-20(26-17(15)9-21)18-11-22-5-6-23-18/h5-6,10-11,14,16H,3-4,7-9,12-13H2,1-2H3,(H,25,27)/t14-,16-/m1/s1. The minimum atomic E-state index is -0.136. The molecule has 1 N–H and O–H groups in total. The third-order valence-electron chi connectivity index (χ3n) is 5.37. The van der Waals surface area contributed by atoms with Crippen LogP contribution in [0.15, 0.2) is 24.8 Å². The highest BCUT2D eigenvalue weighted by molar-refractivity contribution is 5.77. The van der Waals surface area contributed by atoms with Crippen molar-refractivity contribution in [2.75, 3.05) is 19.8 Å². The highest BCUT2D eigenvalue weighted by atomic mass is 16.5. The van der Waals surface area contributed by atoms with Gasteiger partial charge in [0.15, 0.2) is 5.82 Å². The third kappa shape index (κ3) is 4.94. The normalized spacial score (nSPS) is 22.8. The number of ether oxygens (including phenoxy) is 2. The van der Waals surface area contributed by atoms with Crippen molar-refractivity contribution in [2.45, 2.75) is 51.7 Å². The van der Waals surface area contributed by atoms with E-state index in [0.29, 0.717) is 18.1 Å². The van der Waals surface area contributed by atoms with Crippen molar-refractivity contribution in [1.29, 1.82) is 0 Å². The lowest BCUT2D eigenvalue weighted by Gasteiger charge is -2.36. The van der Waals surface area contributed by atoms with Crippen molar-refractivity contribution in [1.82, 2.24) is 25.3 Å². The van der Waals surface area contributed by atoms with E-state index in [0.717, 1.165) is 43.5 Å². The Morgan fingerprint density at radius 2 is 2.21 bits per heavy atom. The number of hydrogen-bond acceptors (Lipinski definition) is 7. The van der Waals surface area contributed by atoms with Crippen LogP contribution in [0.3, 0.4) is 0 Å². The number of nitrogens with one attached hydrogen (secondary N) is 1. The predicted molar refractivity (Wildman–Crippen MR) is 106 cm³/mol. The van der Waals surface area contributed by atoms with Gasteiger partial charge in [-0.15, -0.1) is 0 Å². The second-order valence-electron chi connectivity index (χ2n) is 8.50. The van der Waals surface area contributed by atoms with E-state index in [-0.39, 0.29) is 30.1 Å². The molecule has 1 aliphatic heterocycles. The first kappa shape index (κ1) is 19.8. The lowest BCUT2D eigenvalue weighted by atomic mass is 9.74. The molecule has 8 heteroatoms. The monoisotopic (exact) mass is 397 g/mol. The molecule has 2 aromatic heterocycles. The Morgan fingerprint density at radius 1 is 1.31 bits per heavy atom. The molecule has 1 fully saturated rings. The SMILES string of the molecule is CC1(C)Cc2nc(-c3cnccn3)ncc2[C@H](NC(=O)COC[C@H]2CCCO2)C1. The van der Waals surface area contributed by atoms with Crippen LogP contribution in [-0.2, 0) is 20.7 Å². The largest absolute Gasteiger partial charge is 0.376 e. The van der Waals surface area contributed by atoms with Crippen molar-refractivity contribution in [3.8, 4) is 11.5 Å². The molecular weight excluding hydrogens is 370 g/mol. The maximum atomic E-state index is 12.5. The molecule has 154 valence electrons. The van der Waals surface area contributed by atoms with Crippen LogP contribution < -0.4 is 5.32 Å². The zero-order valence-electron chi connectivity index (χ0n) is 16.9. The van der Waals surface area contributed by atoms with Gasteiger partial charge in [0.2, 0.25) is 5.91 Å². The Balaban J connectivity index is 1.44. The Labute approximate surface area is 170 Å². The molecule has 29 heavy (non-hydrogen) atoms. The van der Waals surface area contributed by atoms with Crippen molar-refractivity contribution >= 4 is 5.91 Å². The van der Waals surface area contributed by atoms with E-state index < -0.39 is 0 Å². The number of carbonyl (C=O) groups is 1. The summed E-state index contributed by atoms with van der Waals surface area (Å²) in [6.45, 7) is 5.65. The Hall–Kier alpha value is -2.45. The first-order chi connectivity index (χ1) is 14.0. The number of carbonyl (C=O) groups excluding carboxylic acids is 1. The summed E-state index contributed by atoms with van der Waals surface area (Å²) in [6, 6.07) is -0.136. The van der Waals surface area contributed by atoms with Crippen molar-refractivity contribution < 1.29 is 14.3 Å².